The summed E-state index contributed by atoms with van der Waals surface area (Å²) in [5.41, 5.74) is 2.25. The molecular weight excluding hydrogens is 525 g/mol. The van der Waals surface area contributed by atoms with Crippen molar-refractivity contribution in [1.29, 1.82) is 0 Å². The Morgan fingerprint density at radius 1 is 1.08 bits per heavy atom. The Kier molecular flexibility index (Phi) is 9.87. The zero-order valence-corrected chi connectivity index (χ0v) is 22.2. The Hall–Kier alpha value is -2.94. The summed E-state index contributed by atoms with van der Waals surface area (Å²) in [5.74, 6) is -0.179. The minimum absolute atomic E-state index is 0.163. The first-order valence-electron chi connectivity index (χ1n) is 11.2. The van der Waals surface area contributed by atoms with Crippen molar-refractivity contribution in [3.05, 3.63) is 74.6 Å². The molecule has 3 rings (SSSR count). The monoisotopic (exact) mass is 549 g/mol. The first-order valence-corrected chi connectivity index (χ1v) is 12.7. The van der Waals surface area contributed by atoms with Gasteiger partial charge < -0.3 is 14.2 Å². The van der Waals surface area contributed by atoms with Gasteiger partial charge >= 0.3 is 5.97 Å². The molecule has 10 heteroatoms. The average molecular weight is 550 g/mol. The lowest BCUT2D eigenvalue weighted by Crippen LogP contribution is -2.34. The minimum Gasteiger partial charge on any atom is -0.490 e. The fourth-order valence-electron chi connectivity index (χ4n) is 3.41. The number of imide groups is 1. The SMILES string of the molecule is C=CCc1cc(/C=C2/SC(=O)N(CC(=O)OCC)C2=O)cc(OCC)c1OCc1ccc(Cl)c(Cl)c1. The largest absolute Gasteiger partial charge is 0.490 e. The number of amides is 2. The van der Waals surface area contributed by atoms with Gasteiger partial charge in [-0.15, -0.1) is 6.58 Å². The molecule has 0 N–H and O–H groups in total. The van der Waals surface area contributed by atoms with Crippen molar-refractivity contribution >= 4 is 58.2 Å². The number of halogens is 2. The van der Waals surface area contributed by atoms with Gasteiger partial charge in [0.1, 0.15) is 13.2 Å². The highest BCUT2D eigenvalue weighted by atomic mass is 35.5. The summed E-state index contributed by atoms with van der Waals surface area (Å²) in [6, 6.07) is 8.84. The molecule has 0 spiro atoms. The van der Waals surface area contributed by atoms with Crippen LogP contribution in [0.15, 0.2) is 47.9 Å². The highest BCUT2D eigenvalue weighted by Gasteiger charge is 2.36. The molecule has 0 aliphatic carbocycles. The Bertz CT molecular complexity index is 1210. The maximum atomic E-state index is 12.8. The maximum absolute atomic E-state index is 12.8. The Balaban J connectivity index is 1.90. The van der Waals surface area contributed by atoms with E-state index in [1.54, 1.807) is 37.3 Å². The third-order valence-electron chi connectivity index (χ3n) is 4.95. The van der Waals surface area contributed by atoms with Crippen LogP contribution in [0.3, 0.4) is 0 Å². The van der Waals surface area contributed by atoms with Crippen molar-refractivity contribution in [3.63, 3.8) is 0 Å². The summed E-state index contributed by atoms with van der Waals surface area (Å²) in [6.07, 6.45) is 3.80. The van der Waals surface area contributed by atoms with E-state index in [4.69, 9.17) is 37.4 Å². The standard InChI is InChI=1S/C26H25Cl2NO6S/c1-4-7-18-10-17(13-22-25(31)29(26(32)36-22)14-23(30)34-6-3)12-21(33-5-2)24(18)35-15-16-8-9-19(27)20(28)11-16/h4,8-13H,1,5-7,14-15H2,2-3H3/b22-13+. The molecule has 0 saturated carbocycles. The predicted molar refractivity (Wildman–Crippen MR) is 142 cm³/mol. The van der Waals surface area contributed by atoms with Crippen LogP contribution in [0.25, 0.3) is 6.08 Å². The van der Waals surface area contributed by atoms with Crippen LogP contribution in [0.5, 0.6) is 11.5 Å². The number of ether oxygens (including phenoxy) is 3. The Labute approximate surface area is 224 Å². The number of hydrogen-bond donors (Lipinski definition) is 0. The van der Waals surface area contributed by atoms with Gasteiger partial charge in [-0.05, 0) is 73.5 Å². The van der Waals surface area contributed by atoms with E-state index in [0.717, 1.165) is 27.8 Å². The molecule has 0 aromatic heterocycles. The minimum atomic E-state index is -0.642. The van der Waals surface area contributed by atoms with Crippen molar-refractivity contribution in [1.82, 2.24) is 4.90 Å². The lowest BCUT2D eigenvalue weighted by atomic mass is 10.0. The number of nitrogens with zero attached hydrogens (tertiary/aromatic N) is 1. The molecule has 2 aromatic rings. The van der Waals surface area contributed by atoms with Crippen molar-refractivity contribution in [2.45, 2.75) is 26.9 Å². The van der Waals surface area contributed by atoms with Gasteiger partial charge in [-0.1, -0.05) is 35.3 Å². The quantitative estimate of drug-likeness (QED) is 0.185. The summed E-state index contributed by atoms with van der Waals surface area (Å²) in [6.45, 7) is 7.68. The van der Waals surface area contributed by atoms with Gasteiger partial charge in [0.2, 0.25) is 0 Å². The molecule has 1 fully saturated rings. The molecule has 190 valence electrons. The van der Waals surface area contributed by atoms with Crippen LogP contribution in [-0.2, 0) is 27.4 Å². The number of esters is 1. The average Bonchev–Trinajstić information content (AvgIpc) is 3.08. The van der Waals surface area contributed by atoms with Gasteiger partial charge in [-0.25, -0.2) is 0 Å². The first kappa shape index (κ1) is 27.6. The highest BCUT2D eigenvalue weighted by Crippen LogP contribution is 2.38. The third-order valence-corrected chi connectivity index (χ3v) is 6.60. The number of hydrogen-bond acceptors (Lipinski definition) is 7. The molecule has 0 bridgehead atoms. The zero-order valence-electron chi connectivity index (χ0n) is 19.8. The van der Waals surface area contributed by atoms with Crippen LogP contribution < -0.4 is 9.47 Å². The smallest absolute Gasteiger partial charge is 0.326 e. The van der Waals surface area contributed by atoms with Gasteiger partial charge in [0, 0.05) is 5.56 Å². The van der Waals surface area contributed by atoms with E-state index in [9.17, 15) is 14.4 Å². The molecule has 7 nitrogen and oxygen atoms in total. The van der Waals surface area contributed by atoms with Crippen LogP contribution in [0.2, 0.25) is 10.0 Å². The van der Waals surface area contributed by atoms with Crippen molar-refractivity contribution in [3.8, 4) is 11.5 Å². The molecule has 0 atom stereocenters. The fraction of sp³-hybridized carbons (Fsp3) is 0.269. The van der Waals surface area contributed by atoms with Crippen LogP contribution in [0, 0.1) is 0 Å². The fourth-order valence-corrected chi connectivity index (χ4v) is 4.57. The number of carbonyl (C=O) groups excluding carboxylic acids is 3. The van der Waals surface area contributed by atoms with E-state index in [1.807, 2.05) is 19.1 Å². The van der Waals surface area contributed by atoms with Crippen LogP contribution in [0.4, 0.5) is 4.79 Å². The van der Waals surface area contributed by atoms with Crippen LogP contribution in [0.1, 0.15) is 30.5 Å². The second-order valence-electron chi connectivity index (χ2n) is 7.54. The zero-order chi connectivity index (χ0) is 26.2. The van der Waals surface area contributed by atoms with Crippen LogP contribution >= 0.6 is 35.0 Å². The molecule has 2 aromatic carbocycles. The van der Waals surface area contributed by atoms with Gasteiger partial charge in [0.05, 0.1) is 28.2 Å². The van der Waals surface area contributed by atoms with E-state index < -0.39 is 23.7 Å². The molecule has 1 aliphatic heterocycles. The summed E-state index contributed by atoms with van der Waals surface area (Å²) < 4.78 is 16.8. The van der Waals surface area contributed by atoms with E-state index in [0.29, 0.717) is 40.1 Å². The highest BCUT2D eigenvalue weighted by molar-refractivity contribution is 8.18. The van der Waals surface area contributed by atoms with Gasteiger partial charge in [0.15, 0.2) is 11.5 Å². The molecule has 36 heavy (non-hydrogen) atoms. The number of benzene rings is 2. The second kappa shape index (κ2) is 12.9. The Morgan fingerprint density at radius 3 is 2.53 bits per heavy atom. The topological polar surface area (TPSA) is 82.1 Å². The second-order valence-corrected chi connectivity index (χ2v) is 9.35. The predicted octanol–water partition coefficient (Wildman–Crippen LogP) is 6.30. The molecule has 0 unspecified atom stereocenters. The summed E-state index contributed by atoms with van der Waals surface area (Å²) in [4.78, 5) is 37.9. The van der Waals surface area contributed by atoms with Crippen LogP contribution in [-0.4, -0.2) is 41.8 Å². The lowest BCUT2D eigenvalue weighted by Gasteiger charge is -2.17. The van der Waals surface area contributed by atoms with E-state index in [1.165, 1.54) is 0 Å². The summed E-state index contributed by atoms with van der Waals surface area (Å²) in [7, 11) is 0. The molecule has 0 radical (unpaired) electrons. The molecule has 1 saturated heterocycles. The molecule has 2 amide bonds. The van der Waals surface area contributed by atoms with Gasteiger partial charge in [-0.3, -0.25) is 19.3 Å². The molecular formula is C26H25Cl2NO6S. The van der Waals surface area contributed by atoms with Crippen molar-refractivity contribution in [2.75, 3.05) is 19.8 Å². The summed E-state index contributed by atoms with van der Waals surface area (Å²) in [5, 5.41) is 0.359. The summed E-state index contributed by atoms with van der Waals surface area (Å²) >= 11 is 12.9. The molecule has 1 aliphatic rings. The number of allylic oxidation sites excluding steroid dienone is 1. The van der Waals surface area contributed by atoms with Crippen molar-refractivity contribution in [2.24, 2.45) is 0 Å². The van der Waals surface area contributed by atoms with E-state index in [-0.39, 0.29) is 18.1 Å². The van der Waals surface area contributed by atoms with Gasteiger partial charge in [-0.2, -0.15) is 0 Å². The number of rotatable bonds is 11. The van der Waals surface area contributed by atoms with Crippen molar-refractivity contribution < 1.29 is 28.6 Å². The Morgan fingerprint density at radius 2 is 1.86 bits per heavy atom. The maximum Gasteiger partial charge on any atom is 0.326 e. The van der Waals surface area contributed by atoms with E-state index >= 15 is 0 Å². The van der Waals surface area contributed by atoms with Gasteiger partial charge in [0.25, 0.3) is 11.1 Å². The number of carbonyl (C=O) groups is 3. The first-order chi connectivity index (χ1) is 17.3. The lowest BCUT2D eigenvalue weighted by molar-refractivity contribution is -0.145. The molecule has 1 heterocycles. The van der Waals surface area contributed by atoms with E-state index in [2.05, 4.69) is 6.58 Å². The third kappa shape index (κ3) is 6.84. The normalized spacial score (nSPS) is 14.3. The number of thioether (sulfide) groups is 1.